The van der Waals surface area contributed by atoms with Crippen molar-refractivity contribution in [1.82, 2.24) is 29.3 Å². The van der Waals surface area contributed by atoms with Gasteiger partial charge in [0.15, 0.2) is 5.65 Å². The van der Waals surface area contributed by atoms with E-state index in [1.165, 1.54) is 5.56 Å². The summed E-state index contributed by atoms with van der Waals surface area (Å²) in [6.45, 7) is 15.4. The van der Waals surface area contributed by atoms with Gasteiger partial charge in [-0.3, -0.25) is 4.90 Å². The first-order valence-corrected chi connectivity index (χ1v) is 10.3. The topological polar surface area (TPSA) is 77.3 Å². The molecule has 1 aliphatic rings. The van der Waals surface area contributed by atoms with Crippen LogP contribution in [0.25, 0.3) is 11.8 Å². The number of likely N-dealkylation sites (tertiary alicyclic amines) is 1. The maximum Gasteiger partial charge on any atom is 0.157 e. The molecule has 0 spiro atoms. The Morgan fingerprint density at radius 3 is 2.59 bits per heavy atom. The molecule has 1 saturated heterocycles. The Hall–Kier alpha value is -2.67. The normalized spacial score (nSPS) is 16.6. The summed E-state index contributed by atoms with van der Waals surface area (Å²) in [5, 5.41) is 9.01. The first-order valence-electron chi connectivity index (χ1n) is 10.3. The van der Waals surface area contributed by atoms with Crippen LogP contribution in [-0.2, 0) is 12.0 Å². The SMILES string of the molecule is C=Cn1ncc(CN2CCC(c3cc(N)n4nc(C(C)(C)C)cc4n3)CC2)c1C. The van der Waals surface area contributed by atoms with Gasteiger partial charge in [0.05, 0.1) is 11.9 Å². The Labute approximate surface area is 172 Å². The van der Waals surface area contributed by atoms with Crippen LogP contribution in [0.1, 0.15) is 62.2 Å². The lowest BCUT2D eigenvalue weighted by Gasteiger charge is -2.31. The van der Waals surface area contributed by atoms with Crippen LogP contribution in [0.2, 0.25) is 0 Å². The van der Waals surface area contributed by atoms with E-state index in [9.17, 15) is 0 Å². The third-order valence-electron chi connectivity index (χ3n) is 5.96. The van der Waals surface area contributed by atoms with Gasteiger partial charge in [-0.25, -0.2) is 9.67 Å². The van der Waals surface area contributed by atoms with Crippen LogP contribution in [0.5, 0.6) is 0 Å². The third-order valence-corrected chi connectivity index (χ3v) is 5.96. The van der Waals surface area contributed by atoms with Crippen LogP contribution >= 0.6 is 0 Å². The zero-order chi connectivity index (χ0) is 20.8. The predicted octanol–water partition coefficient (Wildman–Crippen LogP) is 3.59. The number of anilines is 1. The average molecular weight is 394 g/mol. The maximum atomic E-state index is 6.31. The van der Waals surface area contributed by atoms with Gasteiger partial charge in [-0.1, -0.05) is 27.4 Å². The van der Waals surface area contributed by atoms with Gasteiger partial charge < -0.3 is 5.73 Å². The summed E-state index contributed by atoms with van der Waals surface area (Å²) in [4.78, 5) is 7.40. The molecule has 154 valence electrons. The van der Waals surface area contributed by atoms with Gasteiger partial charge in [-0.05, 0) is 32.9 Å². The van der Waals surface area contributed by atoms with Crippen molar-refractivity contribution in [3.8, 4) is 0 Å². The molecule has 7 heteroatoms. The predicted molar refractivity (Wildman–Crippen MR) is 117 cm³/mol. The Morgan fingerprint density at radius 1 is 1.24 bits per heavy atom. The molecular formula is C22H31N7. The summed E-state index contributed by atoms with van der Waals surface area (Å²) < 4.78 is 3.60. The van der Waals surface area contributed by atoms with E-state index in [0.717, 1.165) is 55.2 Å². The second-order valence-electron chi connectivity index (χ2n) is 9.09. The van der Waals surface area contributed by atoms with E-state index in [1.807, 2.05) is 16.9 Å². The van der Waals surface area contributed by atoms with Crippen molar-refractivity contribution < 1.29 is 0 Å². The van der Waals surface area contributed by atoms with Crippen molar-refractivity contribution >= 4 is 17.7 Å². The molecule has 0 bridgehead atoms. The van der Waals surface area contributed by atoms with Crippen LogP contribution in [0, 0.1) is 6.92 Å². The van der Waals surface area contributed by atoms with Gasteiger partial charge in [-0.15, -0.1) is 0 Å². The first kappa shape index (κ1) is 19.6. The quantitative estimate of drug-likeness (QED) is 0.733. The van der Waals surface area contributed by atoms with E-state index in [-0.39, 0.29) is 5.41 Å². The van der Waals surface area contributed by atoms with Crippen LogP contribution in [0.3, 0.4) is 0 Å². The number of nitrogen functional groups attached to an aromatic ring is 1. The number of fused-ring (bicyclic) bond motifs is 1. The molecule has 0 aromatic carbocycles. The summed E-state index contributed by atoms with van der Waals surface area (Å²) in [6, 6.07) is 4.07. The number of aromatic nitrogens is 5. The number of hydrogen-bond donors (Lipinski definition) is 1. The molecule has 4 rings (SSSR count). The fourth-order valence-electron chi connectivity index (χ4n) is 4.02. The summed E-state index contributed by atoms with van der Waals surface area (Å²) in [5.41, 5.74) is 11.7. The molecule has 7 nitrogen and oxygen atoms in total. The monoisotopic (exact) mass is 393 g/mol. The molecule has 0 amide bonds. The van der Waals surface area contributed by atoms with Crippen molar-refractivity contribution in [3.05, 3.63) is 47.6 Å². The summed E-state index contributed by atoms with van der Waals surface area (Å²) >= 11 is 0. The van der Waals surface area contributed by atoms with Gasteiger partial charge in [0.25, 0.3) is 0 Å². The molecule has 4 heterocycles. The van der Waals surface area contributed by atoms with E-state index in [4.69, 9.17) is 10.7 Å². The molecule has 1 aliphatic heterocycles. The van der Waals surface area contributed by atoms with E-state index in [0.29, 0.717) is 11.7 Å². The Kier molecular flexibility index (Phi) is 4.94. The highest BCUT2D eigenvalue weighted by molar-refractivity contribution is 5.49. The molecule has 0 radical (unpaired) electrons. The number of nitrogens with two attached hydrogens (primary N) is 1. The minimum Gasteiger partial charge on any atom is -0.384 e. The van der Waals surface area contributed by atoms with Crippen molar-refractivity contribution in [1.29, 1.82) is 0 Å². The van der Waals surface area contributed by atoms with Gasteiger partial charge in [0.2, 0.25) is 0 Å². The summed E-state index contributed by atoms with van der Waals surface area (Å²) in [5.74, 6) is 1.10. The Balaban J connectivity index is 1.47. The number of rotatable bonds is 4. The van der Waals surface area contributed by atoms with Gasteiger partial charge in [0, 0.05) is 53.2 Å². The molecule has 29 heavy (non-hydrogen) atoms. The molecule has 3 aromatic heterocycles. The summed E-state index contributed by atoms with van der Waals surface area (Å²) in [7, 11) is 0. The molecule has 1 fully saturated rings. The largest absolute Gasteiger partial charge is 0.384 e. The fraction of sp³-hybridized carbons (Fsp3) is 0.500. The lowest BCUT2D eigenvalue weighted by molar-refractivity contribution is 0.203. The van der Waals surface area contributed by atoms with Crippen molar-refractivity contribution in [2.24, 2.45) is 0 Å². The molecule has 0 aliphatic carbocycles. The van der Waals surface area contributed by atoms with E-state index < -0.39 is 0 Å². The third kappa shape index (κ3) is 3.79. The van der Waals surface area contributed by atoms with Gasteiger partial charge in [0.1, 0.15) is 5.82 Å². The molecule has 3 aromatic rings. The van der Waals surface area contributed by atoms with E-state index in [2.05, 4.69) is 55.4 Å². The van der Waals surface area contributed by atoms with E-state index >= 15 is 0 Å². The smallest absolute Gasteiger partial charge is 0.157 e. The van der Waals surface area contributed by atoms with Gasteiger partial charge >= 0.3 is 0 Å². The lowest BCUT2D eigenvalue weighted by Crippen LogP contribution is -2.33. The lowest BCUT2D eigenvalue weighted by atomic mass is 9.92. The van der Waals surface area contributed by atoms with Crippen molar-refractivity contribution in [3.63, 3.8) is 0 Å². The number of hydrogen-bond acceptors (Lipinski definition) is 5. The fourth-order valence-corrected chi connectivity index (χ4v) is 4.02. The first-order chi connectivity index (χ1) is 13.8. The van der Waals surface area contributed by atoms with Crippen LogP contribution in [-0.4, -0.2) is 42.4 Å². The highest BCUT2D eigenvalue weighted by Crippen LogP contribution is 2.30. The van der Waals surface area contributed by atoms with Gasteiger partial charge in [-0.2, -0.15) is 14.7 Å². The second kappa shape index (κ2) is 7.30. The van der Waals surface area contributed by atoms with Crippen molar-refractivity contribution in [2.45, 2.75) is 58.4 Å². The Bertz CT molecular complexity index is 1030. The molecule has 0 unspecified atom stereocenters. The van der Waals surface area contributed by atoms with Crippen LogP contribution in [0.15, 0.2) is 24.9 Å². The minimum absolute atomic E-state index is 0.0246. The Morgan fingerprint density at radius 2 is 1.97 bits per heavy atom. The molecule has 0 atom stereocenters. The molecular weight excluding hydrogens is 362 g/mol. The zero-order valence-electron chi connectivity index (χ0n) is 17.9. The minimum atomic E-state index is -0.0246. The molecule has 2 N–H and O–H groups in total. The standard InChI is InChI=1S/C22H31N7/c1-6-28-15(2)17(13-24-28)14-27-9-7-16(8-10-27)18-11-20(23)29-21(25-18)12-19(26-29)22(3,4)5/h6,11-13,16H,1,7-10,14,23H2,2-5H3. The zero-order valence-corrected chi connectivity index (χ0v) is 17.9. The second-order valence-corrected chi connectivity index (χ2v) is 9.09. The van der Waals surface area contributed by atoms with Crippen LogP contribution in [0.4, 0.5) is 5.82 Å². The summed E-state index contributed by atoms with van der Waals surface area (Å²) in [6.07, 6.45) is 5.86. The van der Waals surface area contributed by atoms with Crippen molar-refractivity contribution in [2.75, 3.05) is 18.8 Å². The number of piperidine rings is 1. The van der Waals surface area contributed by atoms with Crippen LogP contribution < -0.4 is 5.73 Å². The molecule has 0 saturated carbocycles. The highest BCUT2D eigenvalue weighted by atomic mass is 15.3. The number of nitrogens with zero attached hydrogens (tertiary/aromatic N) is 6. The maximum absolute atomic E-state index is 6.31. The van der Waals surface area contributed by atoms with E-state index in [1.54, 1.807) is 10.7 Å². The highest BCUT2D eigenvalue weighted by Gasteiger charge is 2.25. The average Bonchev–Trinajstić information content (AvgIpc) is 3.27.